The number of aromatic nitrogens is 1. The first-order valence-electron chi connectivity index (χ1n) is 10.6. The number of nitrogens with one attached hydrogen (secondary N) is 2. The topological polar surface area (TPSA) is 110 Å². The molecule has 2 amide bonds. The van der Waals surface area contributed by atoms with Crippen LogP contribution in [0.5, 0.6) is 0 Å². The normalized spacial score (nSPS) is 24.1. The fraction of sp³-hybridized carbons (Fsp3) is 0.714. The Bertz CT molecular complexity index is 834. The number of carbonyl (C=O) groups excluding carboxylic acids is 3. The third-order valence-electron chi connectivity index (χ3n) is 5.52. The van der Waals surface area contributed by atoms with Gasteiger partial charge in [-0.25, -0.2) is 9.78 Å². The molecule has 1 aromatic rings. The third-order valence-corrected chi connectivity index (χ3v) is 6.60. The van der Waals surface area contributed by atoms with Gasteiger partial charge in [-0.15, -0.1) is 11.3 Å². The van der Waals surface area contributed by atoms with E-state index in [1.54, 1.807) is 20.8 Å². The summed E-state index contributed by atoms with van der Waals surface area (Å²) >= 11 is 1.40. The van der Waals surface area contributed by atoms with Gasteiger partial charge in [0.05, 0.1) is 30.8 Å². The quantitative estimate of drug-likeness (QED) is 0.673. The highest BCUT2D eigenvalue weighted by Gasteiger charge is 2.37. The van der Waals surface area contributed by atoms with Gasteiger partial charge in [0.2, 0.25) is 0 Å². The van der Waals surface area contributed by atoms with Crippen LogP contribution in [0, 0.1) is 5.92 Å². The summed E-state index contributed by atoms with van der Waals surface area (Å²) < 4.78 is 10.3. The van der Waals surface area contributed by atoms with Gasteiger partial charge in [-0.2, -0.15) is 0 Å². The average Bonchev–Trinajstić information content (AvgIpc) is 3.10. The molecule has 3 rings (SSSR count). The van der Waals surface area contributed by atoms with Gasteiger partial charge in [-0.1, -0.05) is 0 Å². The van der Waals surface area contributed by atoms with Gasteiger partial charge in [-0.05, 0) is 47.1 Å². The fourth-order valence-corrected chi connectivity index (χ4v) is 5.08. The molecule has 2 heterocycles. The fourth-order valence-electron chi connectivity index (χ4n) is 3.99. The van der Waals surface area contributed by atoms with Crippen LogP contribution in [-0.2, 0) is 27.2 Å². The SMILES string of the molecule is COC(=O)[C@H]1CC[C@@H](NC(=O)OC(C)(C)C)[C@@H](NC(=O)c2nc3c(s2)CN(C)CC3)C1. The number of thiazole rings is 1. The van der Waals surface area contributed by atoms with Crippen molar-refractivity contribution in [3.8, 4) is 0 Å². The van der Waals surface area contributed by atoms with Crippen molar-refractivity contribution >= 4 is 29.3 Å². The second-order valence-electron chi connectivity index (χ2n) is 9.24. The number of rotatable bonds is 4. The molecule has 31 heavy (non-hydrogen) atoms. The molecule has 1 fully saturated rings. The molecule has 2 N–H and O–H groups in total. The van der Waals surface area contributed by atoms with Crippen LogP contribution in [-0.4, -0.2) is 66.2 Å². The predicted octanol–water partition coefficient (Wildman–Crippen LogP) is 2.10. The Morgan fingerprint density at radius 3 is 2.58 bits per heavy atom. The summed E-state index contributed by atoms with van der Waals surface area (Å²) in [5.74, 6) is -0.915. The zero-order valence-corrected chi connectivity index (χ0v) is 19.6. The predicted molar refractivity (Wildman–Crippen MR) is 116 cm³/mol. The lowest BCUT2D eigenvalue weighted by Crippen LogP contribution is -2.56. The van der Waals surface area contributed by atoms with Gasteiger partial charge < -0.3 is 25.0 Å². The minimum absolute atomic E-state index is 0.284. The molecule has 0 radical (unpaired) electrons. The molecule has 9 nitrogen and oxygen atoms in total. The molecule has 1 saturated carbocycles. The van der Waals surface area contributed by atoms with E-state index < -0.39 is 17.7 Å². The number of hydrogen-bond donors (Lipinski definition) is 2. The minimum Gasteiger partial charge on any atom is -0.469 e. The first-order chi connectivity index (χ1) is 14.6. The molecule has 0 unspecified atom stereocenters. The highest BCUT2D eigenvalue weighted by Crippen LogP contribution is 2.28. The molecule has 0 bridgehead atoms. The number of alkyl carbamates (subject to hydrolysis) is 1. The number of likely N-dealkylation sites (N-methyl/N-ethyl adjacent to an activating group) is 1. The van der Waals surface area contributed by atoms with E-state index in [1.165, 1.54) is 18.4 Å². The number of methoxy groups -OCH3 is 1. The number of fused-ring (bicyclic) bond motifs is 1. The first-order valence-corrected chi connectivity index (χ1v) is 11.4. The lowest BCUT2D eigenvalue weighted by Gasteiger charge is -2.36. The van der Waals surface area contributed by atoms with Crippen LogP contribution in [0.2, 0.25) is 0 Å². The summed E-state index contributed by atoms with van der Waals surface area (Å²) in [4.78, 5) is 45.2. The number of nitrogens with zero attached hydrogens (tertiary/aromatic N) is 2. The second kappa shape index (κ2) is 9.52. The zero-order chi connectivity index (χ0) is 22.8. The van der Waals surface area contributed by atoms with E-state index in [2.05, 4.69) is 20.5 Å². The van der Waals surface area contributed by atoms with Crippen molar-refractivity contribution in [2.45, 2.75) is 70.7 Å². The van der Waals surface area contributed by atoms with Crippen molar-refractivity contribution in [2.24, 2.45) is 5.92 Å². The zero-order valence-electron chi connectivity index (χ0n) is 18.8. The van der Waals surface area contributed by atoms with E-state index in [1.807, 2.05) is 7.05 Å². The lowest BCUT2D eigenvalue weighted by atomic mass is 9.82. The van der Waals surface area contributed by atoms with Crippen LogP contribution < -0.4 is 10.6 Å². The molecule has 2 aliphatic rings. The van der Waals surface area contributed by atoms with Crippen molar-refractivity contribution in [1.29, 1.82) is 0 Å². The molecule has 3 atom stereocenters. The van der Waals surface area contributed by atoms with E-state index in [0.29, 0.717) is 24.3 Å². The molecule has 1 aromatic heterocycles. The molecule has 10 heteroatoms. The Morgan fingerprint density at radius 2 is 1.90 bits per heavy atom. The van der Waals surface area contributed by atoms with E-state index in [4.69, 9.17) is 9.47 Å². The number of amides is 2. The summed E-state index contributed by atoms with van der Waals surface area (Å²) in [7, 11) is 3.41. The van der Waals surface area contributed by atoms with Gasteiger partial charge in [0.25, 0.3) is 5.91 Å². The highest BCUT2D eigenvalue weighted by molar-refractivity contribution is 7.13. The van der Waals surface area contributed by atoms with Gasteiger partial charge in [0.15, 0.2) is 5.01 Å². The first kappa shape index (κ1) is 23.5. The second-order valence-corrected chi connectivity index (χ2v) is 10.3. The smallest absolute Gasteiger partial charge is 0.407 e. The largest absolute Gasteiger partial charge is 0.469 e. The Balaban J connectivity index is 1.71. The van der Waals surface area contributed by atoms with Crippen LogP contribution in [0.4, 0.5) is 4.79 Å². The monoisotopic (exact) mass is 452 g/mol. The third kappa shape index (κ3) is 6.16. The van der Waals surface area contributed by atoms with E-state index in [-0.39, 0.29) is 23.8 Å². The van der Waals surface area contributed by atoms with Crippen molar-refractivity contribution < 1.29 is 23.9 Å². The molecule has 1 aliphatic heterocycles. The molecule has 0 aromatic carbocycles. The maximum Gasteiger partial charge on any atom is 0.407 e. The van der Waals surface area contributed by atoms with Crippen molar-refractivity contribution in [1.82, 2.24) is 20.5 Å². The maximum absolute atomic E-state index is 13.0. The standard InChI is InChI=1S/C21H32N4O5S/c1-21(2,3)30-20(28)24-13-7-6-12(19(27)29-5)10-15(13)22-17(26)18-23-14-8-9-25(4)11-16(14)31-18/h12-13,15H,6-11H2,1-5H3,(H,22,26)(H,24,28)/t12-,13+,15-/m0/s1. The number of carbonyl (C=O) groups is 3. The van der Waals surface area contributed by atoms with Crippen LogP contribution in [0.25, 0.3) is 0 Å². The van der Waals surface area contributed by atoms with Gasteiger partial charge in [0.1, 0.15) is 5.60 Å². The molecular formula is C21H32N4O5S. The number of hydrogen-bond acceptors (Lipinski definition) is 8. The van der Waals surface area contributed by atoms with E-state index >= 15 is 0 Å². The van der Waals surface area contributed by atoms with Crippen LogP contribution in [0.3, 0.4) is 0 Å². The summed E-state index contributed by atoms with van der Waals surface area (Å²) in [6.07, 6.45) is 1.76. The van der Waals surface area contributed by atoms with Gasteiger partial charge in [-0.3, -0.25) is 9.59 Å². The molecule has 0 saturated heterocycles. The molecule has 1 aliphatic carbocycles. The lowest BCUT2D eigenvalue weighted by molar-refractivity contribution is -0.146. The Hall–Kier alpha value is -2.20. The van der Waals surface area contributed by atoms with Gasteiger partial charge in [0, 0.05) is 24.4 Å². The Labute approximate surface area is 186 Å². The van der Waals surface area contributed by atoms with Crippen molar-refractivity contribution in [3.63, 3.8) is 0 Å². The van der Waals surface area contributed by atoms with Crippen LogP contribution in [0.15, 0.2) is 0 Å². The number of ether oxygens (including phenoxy) is 2. The molecule has 172 valence electrons. The molecular weight excluding hydrogens is 420 g/mol. The highest BCUT2D eigenvalue weighted by atomic mass is 32.1. The van der Waals surface area contributed by atoms with E-state index in [0.717, 1.165) is 30.1 Å². The van der Waals surface area contributed by atoms with Crippen LogP contribution >= 0.6 is 11.3 Å². The van der Waals surface area contributed by atoms with E-state index in [9.17, 15) is 14.4 Å². The van der Waals surface area contributed by atoms with Gasteiger partial charge >= 0.3 is 12.1 Å². The van der Waals surface area contributed by atoms with Crippen molar-refractivity contribution in [2.75, 3.05) is 20.7 Å². The number of esters is 1. The van der Waals surface area contributed by atoms with Crippen LogP contribution in [0.1, 0.15) is 60.4 Å². The summed E-state index contributed by atoms with van der Waals surface area (Å²) in [5.41, 5.74) is 0.354. The maximum atomic E-state index is 13.0. The van der Waals surface area contributed by atoms with Crippen molar-refractivity contribution in [3.05, 3.63) is 15.6 Å². The minimum atomic E-state index is -0.626. The Morgan fingerprint density at radius 1 is 1.16 bits per heavy atom. The summed E-state index contributed by atoms with van der Waals surface area (Å²) in [6.45, 7) is 7.09. The summed E-state index contributed by atoms with van der Waals surface area (Å²) in [5, 5.41) is 6.28. The Kier molecular flexibility index (Phi) is 7.20. The summed E-state index contributed by atoms with van der Waals surface area (Å²) in [6, 6.07) is -0.776. The molecule has 0 spiro atoms. The average molecular weight is 453 g/mol.